The van der Waals surface area contributed by atoms with Crippen LogP contribution in [0.1, 0.15) is 17.4 Å². The molecule has 100 valence electrons. The number of thiophene rings is 1. The van der Waals surface area contributed by atoms with Gasteiger partial charge < -0.3 is 14.5 Å². The molecule has 0 aliphatic heterocycles. The van der Waals surface area contributed by atoms with Crippen LogP contribution in [0.2, 0.25) is 0 Å². The number of furan rings is 1. The Morgan fingerprint density at radius 2 is 2.47 bits per heavy atom. The zero-order chi connectivity index (χ0) is 13.5. The second kappa shape index (κ2) is 6.92. The molecule has 0 fully saturated rings. The summed E-state index contributed by atoms with van der Waals surface area (Å²) in [5, 5.41) is 6.72. The van der Waals surface area contributed by atoms with E-state index in [2.05, 4.69) is 5.32 Å². The van der Waals surface area contributed by atoms with E-state index in [0.717, 1.165) is 5.56 Å². The van der Waals surface area contributed by atoms with Crippen molar-refractivity contribution in [3.05, 3.63) is 52.6 Å². The van der Waals surface area contributed by atoms with Gasteiger partial charge in [0.15, 0.2) is 0 Å². The van der Waals surface area contributed by atoms with Crippen molar-refractivity contribution < 1.29 is 13.9 Å². The molecule has 2 heterocycles. The SMILES string of the molecule is CO[C@H](CNC(=O)/C=C/c1ccsc1)c1ccco1. The lowest BCUT2D eigenvalue weighted by Gasteiger charge is -2.12. The molecule has 0 saturated heterocycles. The van der Waals surface area contributed by atoms with E-state index in [4.69, 9.17) is 9.15 Å². The molecular weight excluding hydrogens is 262 g/mol. The third-order valence-corrected chi connectivity index (χ3v) is 3.28. The van der Waals surface area contributed by atoms with Gasteiger partial charge in [-0.3, -0.25) is 4.79 Å². The lowest BCUT2D eigenvalue weighted by Crippen LogP contribution is -2.27. The smallest absolute Gasteiger partial charge is 0.244 e. The van der Waals surface area contributed by atoms with Crippen molar-refractivity contribution >= 4 is 23.3 Å². The Hall–Kier alpha value is -1.85. The number of carbonyl (C=O) groups is 1. The highest BCUT2D eigenvalue weighted by molar-refractivity contribution is 7.08. The van der Waals surface area contributed by atoms with E-state index in [9.17, 15) is 4.79 Å². The van der Waals surface area contributed by atoms with Crippen LogP contribution >= 0.6 is 11.3 Å². The number of hydrogen-bond acceptors (Lipinski definition) is 4. The van der Waals surface area contributed by atoms with Gasteiger partial charge in [0, 0.05) is 13.2 Å². The van der Waals surface area contributed by atoms with Crippen molar-refractivity contribution in [2.24, 2.45) is 0 Å². The van der Waals surface area contributed by atoms with E-state index in [1.165, 1.54) is 6.08 Å². The first kappa shape index (κ1) is 13.6. The summed E-state index contributed by atoms with van der Waals surface area (Å²) >= 11 is 1.60. The molecular formula is C14H15NO3S. The van der Waals surface area contributed by atoms with E-state index < -0.39 is 0 Å². The number of carbonyl (C=O) groups excluding carboxylic acids is 1. The van der Waals surface area contributed by atoms with Crippen molar-refractivity contribution in [2.75, 3.05) is 13.7 Å². The van der Waals surface area contributed by atoms with Crippen molar-refractivity contribution in [1.29, 1.82) is 0 Å². The molecule has 2 rings (SSSR count). The van der Waals surface area contributed by atoms with E-state index in [-0.39, 0.29) is 12.0 Å². The van der Waals surface area contributed by atoms with Gasteiger partial charge in [-0.1, -0.05) is 0 Å². The van der Waals surface area contributed by atoms with E-state index >= 15 is 0 Å². The fourth-order valence-electron chi connectivity index (χ4n) is 1.57. The van der Waals surface area contributed by atoms with Crippen LogP contribution in [0.5, 0.6) is 0 Å². The van der Waals surface area contributed by atoms with Crippen LogP contribution in [0.4, 0.5) is 0 Å². The highest BCUT2D eigenvalue weighted by Crippen LogP contribution is 2.15. The maximum atomic E-state index is 11.6. The zero-order valence-corrected chi connectivity index (χ0v) is 11.4. The fourth-order valence-corrected chi connectivity index (χ4v) is 2.20. The average molecular weight is 277 g/mol. The maximum Gasteiger partial charge on any atom is 0.244 e. The number of hydrogen-bond donors (Lipinski definition) is 1. The topological polar surface area (TPSA) is 51.5 Å². The van der Waals surface area contributed by atoms with Crippen LogP contribution in [0, 0.1) is 0 Å². The molecule has 0 saturated carbocycles. The molecule has 19 heavy (non-hydrogen) atoms. The minimum atomic E-state index is -0.270. The Balaban J connectivity index is 1.82. The highest BCUT2D eigenvalue weighted by atomic mass is 32.1. The third kappa shape index (κ3) is 4.08. The summed E-state index contributed by atoms with van der Waals surface area (Å²) in [6, 6.07) is 5.57. The number of nitrogens with one attached hydrogen (secondary N) is 1. The van der Waals surface area contributed by atoms with Crippen LogP contribution in [0.3, 0.4) is 0 Å². The lowest BCUT2D eigenvalue weighted by molar-refractivity contribution is -0.117. The molecule has 0 radical (unpaired) electrons. The molecule has 1 amide bonds. The molecule has 0 unspecified atom stereocenters. The second-order valence-electron chi connectivity index (χ2n) is 3.87. The van der Waals surface area contributed by atoms with Crippen molar-refractivity contribution in [2.45, 2.75) is 6.10 Å². The quantitative estimate of drug-likeness (QED) is 0.826. The standard InChI is InChI=1S/C14H15NO3S/c1-17-13(12-3-2-7-18-12)9-15-14(16)5-4-11-6-8-19-10-11/h2-8,10,13H,9H2,1H3,(H,15,16)/b5-4+/t13-/m1/s1. The molecule has 5 heteroatoms. The normalized spacial score (nSPS) is 12.7. The van der Waals surface area contributed by atoms with Crippen molar-refractivity contribution in [3.63, 3.8) is 0 Å². The van der Waals surface area contributed by atoms with Crippen LogP contribution in [0.15, 0.2) is 45.7 Å². The van der Waals surface area contributed by atoms with Crippen LogP contribution < -0.4 is 5.32 Å². The summed E-state index contributed by atoms with van der Waals surface area (Å²) in [5.41, 5.74) is 1.02. The minimum Gasteiger partial charge on any atom is -0.467 e. The number of amides is 1. The first-order valence-corrected chi connectivity index (χ1v) is 6.78. The molecule has 0 aromatic carbocycles. The lowest BCUT2D eigenvalue weighted by atomic mass is 10.2. The molecule has 0 aliphatic carbocycles. The van der Waals surface area contributed by atoms with E-state index in [0.29, 0.717) is 12.3 Å². The first-order valence-electron chi connectivity index (χ1n) is 5.84. The summed E-state index contributed by atoms with van der Waals surface area (Å²) in [6.45, 7) is 0.372. The molecule has 1 N–H and O–H groups in total. The van der Waals surface area contributed by atoms with Crippen molar-refractivity contribution in [1.82, 2.24) is 5.32 Å². The van der Waals surface area contributed by atoms with Gasteiger partial charge >= 0.3 is 0 Å². The maximum absolute atomic E-state index is 11.6. The molecule has 2 aromatic heterocycles. The molecule has 0 spiro atoms. The van der Waals surface area contributed by atoms with Gasteiger partial charge in [0.1, 0.15) is 11.9 Å². The zero-order valence-electron chi connectivity index (χ0n) is 10.5. The summed E-state index contributed by atoms with van der Waals surface area (Å²) in [4.78, 5) is 11.6. The largest absolute Gasteiger partial charge is 0.467 e. The number of rotatable bonds is 6. The fraction of sp³-hybridized carbons (Fsp3) is 0.214. The van der Waals surface area contributed by atoms with Gasteiger partial charge in [-0.25, -0.2) is 0 Å². The van der Waals surface area contributed by atoms with Gasteiger partial charge in [0.05, 0.1) is 12.8 Å². The minimum absolute atomic E-state index is 0.153. The van der Waals surface area contributed by atoms with Crippen LogP contribution in [0.25, 0.3) is 6.08 Å². The Labute approximate surface area is 115 Å². The Kier molecular flexibility index (Phi) is 4.94. The Bertz CT molecular complexity index is 517. The van der Waals surface area contributed by atoms with Crippen LogP contribution in [-0.4, -0.2) is 19.6 Å². The van der Waals surface area contributed by atoms with Gasteiger partial charge in [-0.2, -0.15) is 11.3 Å². The van der Waals surface area contributed by atoms with Gasteiger partial charge in [0.25, 0.3) is 0 Å². The Morgan fingerprint density at radius 3 is 3.11 bits per heavy atom. The molecule has 1 atom stereocenters. The summed E-state index contributed by atoms with van der Waals surface area (Å²) in [7, 11) is 1.58. The van der Waals surface area contributed by atoms with E-state index in [1.807, 2.05) is 22.9 Å². The van der Waals surface area contributed by atoms with Crippen molar-refractivity contribution in [3.8, 4) is 0 Å². The second-order valence-corrected chi connectivity index (χ2v) is 4.65. The average Bonchev–Trinajstić information content (AvgIpc) is 3.10. The van der Waals surface area contributed by atoms with E-state index in [1.54, 1.807) is 36.9 Å². The number of ether oxygens (including phenoxy) is 1. The molecule has 0 bridgehead atoms. The predicted octanol–water partition coefficient (Wildman–Crippen LogP) is 2.86. The number of methoxy groups -OCH3 is 1. The monoisotopic (exact) mass is 277 g/mol. The summed E-state index contributed by atoms with van der Waals surface area (Å²) in [5.74, 6) is 0.546. The third-order valence-electron chi connectivity index (χ3n) is 2.58. The molecule has 2 aromatic rings. The summed E-state index contributed by atoms with van der Waals surface area (Å²) < 4.78 is 10.5. The Morgan fingerprint density at radius 1 is 1.58 bits per heavy atom. The summed E-state index contributed by atoms with van der Waals surface area (Å²) in [6.07, 6.45) is 4.60. The molecule has 4 nitrogen and oxygen atoms in total. The predicted molar refractivity (Wildman–Crippen MR) is 74.8 cm³/mol. The molecule has 0 aliphatic rings. The van der Waals surface area contributed by atoms with Gasteiger partial charge in [0.2, 0.25) is 5.91 Å². The van der Waals surface area contributed by atoms with Crippen LogP contribution in [-0.2, 0) is 9.53 Å². The van der Waals surface area contributed by atoms with Gasteiger partial charge in [-0.05, 0) is 40.6 Å². The van der Waals surface area contributed by atoms with Gasteiger partial charge in [-0.15, -0.1) is 0 Å². The highest BCUT2D eigenvalue weighted by Gasteiger charge is 2.13. The first-order chi connectivity index (χ1) is 9.29.